The van der Waals surface area contributed by atoms with Crippen LogP contribution in [-0.2, 0) is 6.54 Å². The fourth-order valence-corrected chi connectivity index (χ4v) is 3.79. The Hall–Kier alpha value is -2.32. The summed E-state index contributed by atoms with van der Waals surface area (Å²) in [6.07, 6.45) is 0. The first-order valence-corrected chi connectivity index (χ1v) is 9.01. The summed E-state index contributed by atoms with van der Waals surface area (Å²) in [5.74, 6) is 0. The summed E-state index contributed by atoms with van der Waals surface area (Å²) in [6, 6.07) is 27.9. The lowest BCUT2D eigenvalue weighted by molar-refractivity contribution is 0.806. The third-order valence-electron chi connectivity index (χ3n) is 4.45. The van der Waals surface area contributed by atoms with Crippen LogP contribution in [0.25, 0.3) is 33.3 Å². The largest absolute Gasteiger partial charge is 0.340 e. The summed E-state index contributed by atoms with van der Waals surface area (Å²) in [6.45, 7) is 3.14. The molecule has 0 aliphatic carbocycles. The Morgan fingerprint density at radius 3 is 2.04 bits per heavy atom. The molecule has 0 unspecified atom stereocenters. The molecule has 0 aliphatic heterocycles. The van der Waals surface area contributed by atoms with Gasteiger partial charge in [-0.3, -0.25) is 0 Å². The molecular weight excluding hydrogens is 358 g/mol. The van der Waals surface area contributed by atoms with Crippen LogP contribution in [0.2, 0.25) is 0 Å². The molecule has 4 rings (SSSR count). The normalized spacial score (nSPS) is 11.1. The molecule has 0 N–H and O–H groups in total. The van der Waals surface area contributed by atoms with Crippen LogP contribution in [-0.4, -0.2) is 4.57 Å². The first-order chi connectivity index (χ1) is 11.8. The molecule has 0 saturated heterocycles. The highest BCUT2D eigenvalue weighted by Crippen LogP contribution is 2.41. The van der Waals surface area contributed by atoms with Gasteiger partial charge in [0.25, 0.3) is 0 Å². The van der Waals surface area contributed by atoms with Gasteiger partial charge in [0.15, 0.2) is 0 Å². The highest BCUT2D eigenvalue weighted by Gasteiger charge is 2.19. The van der Waals surface area contributed by atoms with Crippen molar-refractivity contribution in [3.8, 4) is 22.4 Å². The molecule has 0 saturated carbocycles. The van der Waals surface area contributed by atoms with Gasteiger partial charge in [0.05, 0.1) is 11.2 Å². The number of benzene rings is 3. The van der Waals surface area contributed by atoms with Crippen molar-refractivity contribution in [1.82, 2.24) is 4.57 Å². The molecule has 0 aliphatic rings. The Balaban J connectivity index is 2.16. The number of nitrogens with zero attached hydrogens (tertiary/aromatic N) is 1. The van der Waals surface area contributed by atoms with Crippen molar-refractivity contribution < 1.29 is 0 Å². The van der Waals surface area contributed by atoms with Gasteiger partial charge < -0.3 is 4.57 Å². The molecule has 3 aromatic carbocycles. The SMILES string of the molecule is CCn1c(-c2ccccc2)c(-c2ccccc2)c2ccc(Br)cc21. The Labute approximate surface area is 150 Å². The summed E-state index contributed by atoms with van der Waals surface area (Å²) in [4.78, 5) is 0. The predicted molar refractivity (Wildman–Crippen MR) is 106 cm³/mol. The van der Waals surface area contributed by atoms with Crippen molar-refractivity contribution in [3.63, 3.8) is 0 Å². The number of aryl methyl sites for hydroxylation is 1. The van der Waals surface area contributed by atoms with E-state index in [9.17, 15) is 0 Å². The summed E-state index contributed by atoms with van der Waals surface area (Å²) >= 11 is 3.63. The van der Waals surface area contributed by atoms with E-state index in [1.165, 1.54) is 33.3 Å². The molecule has 118 valence electrons. The number of hydrogen-bond donors (Lipinski definition) is 0. The monoisotopic (exact) mass is 375 g/mol. The maximum atomic E-state index is 3.63. The topological polar surface area (TPSA) is 4.93 Å². The summed E-state index contributed by atoms with van der Waals surface area (Å²) < 4.78 is 3.53. The average Bonchev–Trinajstić information content (AvgIpc) is 2.96. The molecule has 1 nitrogen and oxygen atoms in total. The van der Waals surface area contributed by atoms with E-state index in [2.05, 4.69) is 106 Å². The van der Waals surface area contributed by atoms with E-state index in [0.29, 0.717) is 0 Å². The van der Waals surface area contributed by atoms with Gasteiger partial charge in [-0.15, -0.1) is 0 Å². The quantitative estimate of drug-likeness (QED) is 0.372. The number of halogens is 1. The van der Waals surface area contributed by atoms with Crippen LogP contribution in [0.3, 0.4) is 0 Å². The first kappa shape index (κ1) is 15.2. The van der Waals surface area contributed by atoms with Gasteiger partial charge in [-0.1, -0.05) is 82.7 Å². The zero-order valence-corrected chi connectivity index (χ0v) is 15.1. The lowest BCUT2D eigenvalue weighted by Gasteiger charge is -2.11. The van der Waals surface area contributed by atoms with Gasteiger partial charge in [0.2, 0.25) is 0 Å². The maximum Gasteiger partial charge on any atom is 0.0570 e. The second kappa shape index (κ2) is 6.29. The van der Waals surface area contributed by atoms with Crippen LogP contribution in [0, 0.1) is 0 Å². The maximum absolute atomic E-state index is 3.63. The molecule has 2 heteroatoms. The van der Waals surface area contributed by atoms with Crippen LogP contribution in [0.15, 0.2) is 83.3 Å². The molecule has 0 bridgehead atoms. The van der Waals surface area contributed by atoms with Crippen molar-refractivity contribution in [1.29, 1.82) is 0 Å². The van der Waals surface area contributed by atoms with Crippen LogP contribution < -0.4 is 0 Å². The second-order valence-corrected chi connectivity index (χ2v) is 6.78. The van der Waals surface area contributed by atoms with Gasteiger partial charge in [-0.2, -0.15) is 0 Å². The molecule has 4 aromatic rings. The van der Waals surface area contributed by atoms with Crippen molar-refractivity contribution in [2.75, 3.05) is 0 Å². The molecule has 24 heavy (non-hydrogen) atoms. The van der Waals surface area contributed by atoms with Crippen molar-refractivity contribution in [2.24, 2.45) is 0 Å². The minimum absolute atomic E-state index is 0.935. The summed E-state index contributed by atoms with van der Waals surface area (Å²) in [5.41, 5.74) is 6.38. The Bertz CT molecular complexity index is 985. The van der Waals surface area contributed by atoms with Crippen molar-refractivity contribution in [2.45, 2.75) is 13.5 Å². The van der Waals surface area contributed by atoms with Crippen molar-refractivity contribution in [3.05, 3.63) is 83.3 Å². The number of rotatable bonds is 3. The minimum atomic E-state index is 0.935. The van der Waals surface area contributed by atoms with Gasteiger partial charge >= 0.3 is 0 Å². The lowest BCUT2D eigenvalue weighted by atomic mass is 9.98. The Morgan fingerprint density at radius 2 is 1.42 bits per heavy atom. The van der Waals surface area contributed by atoms with Crippen LogP contribution in [0.5, 0.6) is 0 Å². The predicted octanol–water partition coefficient (Wildman–Crippen LogP) is 6.76. The van der Waals surface area contributed by atoms with E-state index in [4.69, 9.17) is 0 Å². The van der Waals surface area contributed by atoms with Crippen LogP contribution in [0.1, 0.15) is 6.92 Å². The minimum Gasteiger partial charge on any atom is -0.340 e. The highest BCUT2D eigenvalue weighted by atomic mass is 79.9. The number of fused-ring (bicyclic) bond motifs is 1. The van der Waals surface area contributed by atoms with E-state index in [0.717, 1.165) is 11.0 Å². The van der Waals surface area contributed by atoms with E-state index in [1.807, 2.05) is 0 Å². The van der Waals surface area contributed by atoms with E-state index in [1.54, 1.807) is 0 Å². The first-order valence-electron chi connectivity index (χ1n) is 8.22. The number of aromatic nitrogens is 1. The van der Waals surface area contributed by atoms with Crippen molar-refractivity contribution >= 4 is 26.8 Å². The zero-order chi connectivity index (χ0) is 16.5. The second-order valence-electron chi connectivity index (χ2n) is 5.86. The molecule has 0 fully saturated rings. The lowest BCUT2D eigenvalue weighted by Crippen LogP contribution is -1.97. The molecule has 0 radical (unpaired) electrons. The smallest absolute Gasteiger partial charge is 0.0570 e. The average molecular weight is 376 g/mol. The number of hydrogen-bond acceptors (Lipinski definition) is 0. The van der Waals surface area contributed by atoms with Crippen LogP contribution in [0.4, 0.5) is 0 Å². The third kappa shape index (κ3) is 2.47. The van der Waals surface area contributed by atoms with Crippen LogP contribution >= 0.6 is 15.9 Å². The molecule has 1 aromatic heterocycles. The zero-order valence-electron chi connectivity index (χ0n) is 13.5. The van der Waals surface area contributed by atoms with E-state index >= 15 is 0 Å². The highest BCUT2D eigenvalue weighted by molar-refractivity contribution is 9.10. The molecular formula is C22H18BrN. The van der Waals surface area contributed by atoms with Gasteiger partial charge in [-0.05, 0) is 30.2 Å². The standard InChI is InChI=1S/C22H18BrN/c1-2-24-20-15-18(23)13-14-19(20)21(16-9-5-3-6-10-16)22(24)17-11-7-4-8-12-17/h3-15H,2H2,1H3. The molecule has 0 atom stereocenters. The molecule has 0 spiro atoms. The van der Waals surface area contributed by atoms with Gasteiger partial charge in [-0.25, -0.2) is 0 Å². The Morgan fingerprint density at radius 1 is 0.792 bits per heavy atom. The fraction of sp³-hybridized carbons (Fsp3) is 0.0909. The van der Waals surface area contributed by atoms with Gasteiger partial charge in [0.1, 0.15) is 0 Å². The molecule has 0 amide bonds. The molecule has 1 heterocycles. The van der Waals surface area contributed by atoms with Gasteiger partial charge in [0, 0.05) is 22.0 Å². The van der Waals surface area contributed by atoms with E-state index in [-0.39, 0.29) is 0 Å². The summed E-state index contributed by atoms with van der Waals surface area (Å²) in [5, 5.41) is 1.30. The van der Waals surface area contributed by atoms with E-state index < -0.39 is 0 Å². The Kier molecular flexibility index (Phi) is 3.99. The fourth-order valence-electron chi connectivity index (χ4n) is 3.44. The summed E-state index contributed by atoms with van der Waals surface area (Å²) in [7, 11) is 0. The third-order valence-corrected chi connectivity index (χ3v) is 4.95.